The maximum atomic E-state index is 5.57. The molecule has 1 fully saturated rings. The summed E-state index contributed by atoms with van der Waals surface area (Å²) in [5.74, 6) is 0. The van der Waals surface area contributed by atoms with Crippen molar-refractivity contribution >= 4 is 17.8 Å². The van der Waals surface area contributed by atoms with Gasteiger partial charge in [-0.15, -0.1) is 0 Å². The van der Waals surface area contributed by atoms with Gasteiger partial charge in [-0.2, -0.15) is 0 Å². The van der Waals surface area contributed by atoms with Crippen molar-refractivity contribution in [3.8, 4) is 0 Å². The summed E-state index contributed by atoms with van der Waals surface area (Å²) in [7, 11) is 0. The third-order valence-corrected chi connectivity index (χ3v) is 7.49. The van der Waals surface area contributed by atoms with Crippen molar-refractivity contribution in [3.63, 3.8) is 0 Å². The second kappa shape index (κ2) is 3.16. The van der Waals surface area contributed by atoms with E-state index in [1.54, 1.807) is 0 Å². The van der Waals surface area contributed by atoms with E-state index in [-0.39, 0.29) is 0 Å². The topological polar surface area (TPSA) is 0 Å². The molecule has 0 aliphatic carbocycles. The molecule has 1 saturated heterocycles. The molecule has 0 aromatic rings. The quantitative estimate of drug-likeness (QED) is 0.534. The van der Waals surface area contributed by atoms with Gasteiger partial charge in [0.1, 0.15) is 0 Å². The second-order valence-electron chi connectivity index (χ2n) is 2.88. The lowest BCUT2D eigenvalue weighted by atomic mass is 10.3. The average Bonchev–Trinajstić information content (AvgIpc) is 1.90. The molecular formula is C7H15PS. The molecule has 0 aromatic heterocycles. The first-order chi connectivity index (χ1) is 4.27. The van der Waals surface area contributed by atoms with Crippen LogP contribution in [-0.4, -0.2) is 18.5 Å². The van der Waals surface area contributed by atoms with Gasteiger partial charge >= 0.3 is 0 Å². The third-order valence-electron chi connectivity index (χ3n) is 2.21. The summed E-state index contributed by atoms with van der Waals surface area (Å²) in [6, 6.07) is -0.761. The van der Waals surface area contributed by atoms with Crippen molar-refractivity contribution in [2.24, 2.45) is 0 Å². The summed E-state index contributed by atoms with van der Waals surface area (Å²) in [4.78, 5) is 0. The molecule has 0 unspecified atom stereocenters. The van der Waals surface area contributed by atoms with Crippen LogP contribution in [0.2, 0.25) is 0 Å². The highest BCUT2D eigenvalue weighted by Gasteiger charge is 2.17. The highest BCUT2D eigenvalue weighted by atomic mass is 32.4. The monoisotopic (exact) mass is 162 g/mol. The van der Waals surface area contributed by atoms with Gasteiger partial charge in [0.15, 0.2) is 0 Å². The molecule has 1 heterocycles. The van der Waals surface area contributed by atoms with E-state index in [1.165, 1.54) is 37.7 Å². The lowest BCUT2D eigenvalue weighted by Gasteiger charge is -2.24. The van der Waals surface area contributed by atoms with Gasteiger partial charge in [-0.1, -0.05) is 25.2 Å². The Morgan fingerprint density at radius 1 is 1.22 bits per heavy atom. The Kier molecular flexibility index (Phi) is 2.73. The van der Waals surface area contributed by atoms with E-state index in [0.717, 1.165) is 0 Å². The fraction of sp³-hybridized carbons (Fsp3) is 1.00. The minimum atomic E-state index is -0.761. The van der Waals surface area contributed by atoms with Gasteiger partial charge < -0.3 is 0 Å². The zero-order chi connectivity index (χ0) is 6.74. The van der Waals surface area contributed by atoms with Crippen LogP contribution in [0.4, 0.5) is 0 Å². The molecule has 9 heavy (non-hydrogen) atoms. The molecule has 54 valence electrons. The lowest BCUT2D eigenvalue weighted by molar-refractivity contribution is 0.751. The summed E-state index contributed by atoms with van der Waals surface area (Å²) in [6.45, 7) is 2.27. The van der Waals surface area contributed by atoms with E-state index >= 15 is 0 Å². The molecule has 0 bridgehead atoms. The Bertz CT molecular complexity index is 121. The van der Waals surface area contributed by atoms with Crippen LogP contribution in [0.5, 0.6) is 0 Å². The first kappa shape index (κ1) is 7.75. The minimum Gasteiger partial charge on any atom is -0.0975 e. The number of rotatable bonds is 1. The SMILES string of the molecule is CCP1(=S)CCCCC1. The summed E-state index contributed by atoms with van der Waals surface area (Å²) in [6.07, 6.45) is 8.40. The summed E-state index contributed by atoms with van der Waals surface area (Å²) < 4.78 is 0. The van der Waals surface area contributed by atoms with Gasteiger partial charge in [0.25, 0.3) is 0 Å². The van der Waals surface area contributed by atoms with Gasteiger partial charge in [0, 0.05) is 0 Å². The number of hydrogen-bond donors (Lipinski definition) is 0. The van der Waals surface area contributed by atoms with Crippen LogP contribution in [0.15, 0.2) is 0 Å². The first-order valence-corrected chi connectivity index (χ1v) is 7.20. The van der Waals surface area contributed by atoms with Gasteiger partial charge in [0.2, 0.25) is 0 Å². The normalized spacial score (nSPS) is 25.9. The maximum Gasteiger partial charge on any atom is -0.0235 e. The van der Waals surface area contributed by atoms with Gasteiger partial charge in [-0.05, 0) is 37.4 Å². The zero-order valence-electron chi connectivity index (χ0n) is 6.10. The van der Waals surface area contributed by atoms with E-state index < -0.39 is 6.04 Å². The summed E-state index contributed by atoms with van der Waals surface area (Å²) in [5.41, 5.74) is 0. The Morgan fingerprint density at radius 2 is 1.78 bits per heavy atom. The molecular weight excluding hydrogens is 147 g/mol. The molecule has 0 atom stereocenters. The molecule has 0 radical (unpaired) electrons. The molecule has 0 N–H and O–H groups in total. The van der Waals surface area contributed by atoms with Crippen LogP contribution in [0.3, 0.4) is 0 Å². The molecule has 2 heteroatoms. The smallest absolute Gasteiger partial charge is 0.0235 e. The molecule has 1 rings (SSSR count). The minimum absolute atomic E-state index is 0.761. The third kappa shape index (κ3) is 2.05. The molecule has 1 aliphatic heterocycles. The van der Waals surface area contributed by atoms with Crippen LogP contribution in [0, 0.1) is 0 Å². The Balaban J connectivity index is 2.47. The van der Waals surface area contributed by atoms with Gasteiger partial charge in [-0.3, -0.25) is 0 Å². The molecule has 0 amide bonds. The second-order valence-corrected chi connectivity index (χ2v) is 8.85. The van der Waals surface area contributed by atoms with Crippen molar-refractivity contribution in [1.82, 2.24) is 0 Å². The largest absolute Gasteiger partial charge is 0.0975 e. The zero-order valence-corrected chi connectivity index (χ0v) is 7.81. The summed E-state index contributed by atoms with van der Waals surface area (Å²) >= 11 is 5.57. The highest BCUT2D eigenvalue weighted by Crippen LogP contribution is 2.49. The average molecular weight is 162 g/mol. The predicted octanol–water partition coefficient (Wildman–Crippen LogP) is 2.67. The van der Waals surface area contributed by atoms with Gasteiger partial charge in [0.05, 0.1) is 0 Å². The molecule has 0 spiro atoms. The standard InChI is InChI=1S/C7H15PS/c1-2-8(9)6-4-3-5-7-8/h2-7H2,1H3. The summed E-state index contributed by atoms with van der Waals surface area (Å²) in [5, 5.41) is 0. The van der Waals surface area contributed by atoms with Crippen LogP contribution in [-0.2, 0) is 11.8 Å². The van der Waals surface area contributed by atoms with Crippen LogP contribution >= 0.6 is 6.04 Å². The van der Waals surface area contributed by atoms with E-state index in [9.17, 15) is 0 Å². The Labute approximate surface area is 63.0 Å². The molecule has 0 nitrogen and oxygen atoms in total. The van der Waals surface area contributed by atoms with E-state index in [1.807, 2.05) is 0 Å². The Morgan fingerprint density at radius 3 is 2.11 bits per heavy atom. The Hall–Kier alpha value is 0.650. The molecule has 0 aromatic carbocycles. The fourth-order valence-electron chi connectivity index (χ4n) is 1.40. The fourth-order valence-corrected chi connectivity index (χ4v) is 4.64. The maximum absolute atomic E-state index is 5.57. The predicted molar refractivity (Wildman–Crippen MR) is 48.4 cm³/mol. The van der Waals surface area contributed by atoms with Crippen LogP contribution in [0.1, 0.15) is 26.2 Å². The highest BCUT2D eigenvalue weighted by molar-refractivity contribution is 8.14. The van der Waals surface area contributed by atoms with Crippen molar-refractivity contribution in [2.75, 3.05) is 18.5 Å². The van der Waals surface area contributed by atoms with Gasteiger partial charge in [-0.25, -0.2) is 0 Å². The van der Waals surface area contributed by atoms with Crippen molar-refractivity contribution in [3.05, 3.63) is 0 Å². The molecule has 1 aliphatic rings. The van der Waals surface area contributed by atoms with Crippen molar-refractivity contribution in [2.45, 2.75) is 26.2 Å². The van der Waals surface area contributed by atoms with Crippen LogP contribution in [0.25, 0.3) is 0 Å². The van der Waals surface area contributed by atoms with Crippen molar-refractivity contribution in [1.29, 1.82) is 0 Å². The van der Waals surface area contributed by atoms with E-state index in [4.69, 9.17) is 11.8 Å². The van der Waals surface area contributed by atoms with Crippen molar-refractivity contribution < 1.29 is 0 Å². The van der Waals surface area contributed by atoms with Crippen LogP contribution < -0.4 is 0 Å². The van der Waals surface area contributed by atoms with E-state index in [0.29, 0.717) is 0 Å². The first-order valence-electron chi connectivity index (χ1n) is 3.84. The van der Waals surface area contributed by atoms with E-state index in [2.05, 4.69) is 6.92 Å². The number of hydrogen-bond acceptors (Lipinski definition) is 1. The lowest BCUT2D eigenvalue weighted by Crippen LogP contribution is -2.03. The molecule has 0 saturated carbocycles.